The summed E-state index contributed by atoms with van der Waals surface area (Å²) in [5, 5.41) is 9.28. The lowest BCUT2D eigenvalue weighted by Crippen LogP contribution is -2.12. The lowest BCUT2D eigenvalue weighted by Gasteiger charge is -2.19. The molecule has 16 heavy (non-hydrogen) atoms. The summed E-state index contributed by atoms with van der Waals surface area (Å²) >= 11 is 0. The van der Waals surface area contributed by atoms with E-state index in [-0.39, 0.29) is 0 Å². The normalized spacial score (nSPS) is 13.9. The van der Waals surface area contributed by atoms with Crippen molar-refractivity contribution < 1.29 is 5.11 Å². The van der Waals surface area contributed by atoms with Crippen LogP contribution in [0.2, 0.25) is 0 Å². The Labute approximate surface area is 94.8 Å². The maximum Gasteiger partial charge on any atom is 0.115 e. The van der Waals surface area contributed by atoms with Crippen molar-refractivity contribution in [2.75, 3.05) is 11.4 Å². The van der Waals surface area contributed by atoms with Crippen molar-refractivity contribution in [2.45, 2.75) is 6.42 Å². The van der Waals surface area contributed by atoms with Gasteiger partial charge >= 0.3 is 0 Å². The molecule has 0 amide bonds. The third-order valence-electron chi connectivity index (χ3n) is 3.05. The van der Waals surface area contributed by atoms with Gasteiger partial charge in [-0.05, 0) is 42.3 Å². The van der Waals surface area contributed by atoms with E-state index < -0.39 is 0 Å². The molecule has 0 atom stereocenters. The SMILES string of the molecule is Oc1ccc(N2CCc3ccccc32)cc1. The van der Waals surface area contributed by atoms with Crippen LogP contribution in [-0.2, 0) is 6.42 Å². The Morgan fingerprint density at radius 3 is 2.50 bits per heavy atom. The van der Waals surface area contributed by atoms with Crippen molar-refractivity contribution in [1.29, 1.82) is 0 Å². The van der Waals surface area contributed by atoms with Gasteiger partial charge in [0, 0.05) is 17.9 Å². The number of phenols is 1. The second-order valence-corrected chi connectivity index (χ2v) is 4.05. The molecule has 0 saturated heterocycles. The maximum atomic E-state index is 9.28. The average Bonchev–Trinajstić information content (AvgIpc) is 2.74. The molecule has 80 valence electrons. The second-order valence-electron chi connectivity index (χ2n) is 4.05. The van der Waals surface area contributed by atoms with E-state index >= 15 is 0 Å². The summed E-state index contributed by atoms with van der Waals surface area (Å²) in [5.41, 5.74) is 3.83. The smallest absolute Gasteiger partial charge is 0.115 e. The number of hydrogen-bond acceptors (Lipinski definition) is 2. The summed E-state index contributed by atoms with van der Waals surface area (Å²) in [7, 11) is 0. The van der Waals surface area contributed by atoms with Crippen molar-refractivity contribution >= 4 is 11.4 Å². The zero-order chi connectivity index (χ0) is 11.0. The van der Waals surface area contributed by atoms with E-state index in [1.807, 2.05) is 12.1 Å². The third-order valence-corrected chi connectivity index (χ3v) is 3.05. The van der Waals surface area contributed by atoms with Crippen LogP contribution in [0.15, 0.2) is 48.5 Å². The minimum absolute atomic E-state index is 0.316. The molecule has 1 N–H and O–H groups in total. The Morgan fingerprint density at radius 2 is 1.69 bits per heavy atom. The van der Waals surface area contributed by atoms with Crippen molar-refractivity contribution in [2.24, 2.45) is 0 Å². The van der Waals surface area contributed by atoms with Crippen LogP contribution in [0, 0.1) is 0 Å². The molecule has 0 radical (unpaired) electrons. The molecule has 0 aromatic heterocycles. The minimum atomic E-state index is 0.316. The van der Waals surface area contributed by atoms with Gasteiger partial charge in [0.15, 0.2) is 0 Å². The van der Waals surface area contributed by atoms with Crippen molar-refractivity contribution in [3.05, 3.63) is 54.1 Å². The first-order valence-corrected chi connectivity index (χ1v) is 5.49. The summed E-state index contributed by atoms with van der Waals surface area (Å²) in [5.74, 6) is 0.316. The molecule has 3 rings (SSSR count). The Bertz CT molecular complexity index is 504. The standard InChI is InChI=1S/C14H13NO/c16-13-7-5-12(6-8-13)15-10-9-11-3-1-2-4-14(11)15/h1-8,16H,9-10H2. The first kappa shape index (κ1) is 9.28. The van der Waals surface area contributed by atoms with Gasteiger partial charge in [-0.15, -0.1) is 0 Å². The molecule has 0 fully saturated rings. The Kier molecular flexibility index (Phi) is 2.07. The quantitative estimate of drug-likeness (QED) is 0.783. The van der Waals surface area contributed by atoms with Crippen LogP contribution in [0.3, 0.4) is 0 Å². The number of rotatable bonds is 1. The zero-order valence-corrected chi connectivity index (χ0v) is 8.93. The van der Waals surface area contributed by atoms with Crippen LogP contribution in [0.5, 0.6) is 5.75 Å². The molecule has 0 aliphatic carbocycles. The monoisotopic (exact) mass is 211 g/mol. The average molecular weight is 211 g/mol. The predicted molar refractivity (Wildman–Crippen MR) is 65.3 cm³/mol. The predicted octanol–water partition coefficient (Wildman–Crippen LogP) is 3.09. The first-order chi connectivity index (χ1) is 7.84. The number of nitrogens with zero attached hydrogens (tertiary/aromatic N) is 1. The number of hydrogen-bond donors (Lipinski definition) is 1. The Hall–Kier alpha value is -1.96. The molecule has 2 nitrogen and oxygen atoms in total. The van der Waals surface area contributed by atoms with E-state index in [4.69, 9.17) is 0 Å². The van der Waals surface area contributed by atoms with Crippen LogP contribution in [-0.4, -0.2) is 11.7 Å². The summed E-state index contributed by atoms with van der Waals surface area (Å²) in [6.07, 6.45) is 1.09. The highest BCUT2D eigenvalue weighted by atomic mass is 16.3. The molecule has 2 heteroatoms. The van der Waals surface area contributed by atoms with Crippen LogP contribution in [0.4, 0.5) is 11.4 Å². The lowest BCUT2D eigenvalue weighted by atomic mass is 10.2. The Balaban J connectivity index is 2.01. The molecule has 1 aliphatic rings. The zero-order valence-electron chi connectivity index (χ0n) is 8.93. The molecule has 2 aromatic carbocycles. The fourth-order valence-electron chi connectivity index (χ4n) is 2.24. The van der Waals surface area contributed by atoms with E-state index in [2.05, 4.69) is 29.2 Å². The fourth-order valence-corrected chi connectivity index (χ4v) is 2.24. The van der Waals surface area contributed by atoms with Gasteiger partial charge < -0.3 is 10.0 Å². The number of anilines is 2. The minimum Gasteiger partial charge on any atom is -0.508 e. The molecular weight excluding hydrogens is 198 g/mol. The van der Waals surface area contributed by atoms with Gasteiger partial charge in [-0.25, -0.2) is 0 Å². The number of phenolic OH excluding ortho intramolecular Hbond substituents is 1. The van der Waals surface area contributed by atoms with Crippen LogP contribution in [0.25, 0.3) is 0 Å². The summed E-state index contributed by atoms with van der Waals surface area (Å²) < 4.78 is 0. The maximum absolute atomic E-state index is 9.28. The summed E-state index contributed by atoms with van der Waals surface area (Å²) in [6.45, 7) is 1.02. The van der Waals surface area contributed by atoms with Crippen molar-refractivity contribution in [3.8, 4) is 5.75 Å². The van der Waals surface area contributed by atoms with Crippen LogP contribution < -0.4 is 4.90 Å². The number of fused-ring (bicyclic) bond motifs is 1. The highest BCUT2D eigenvalue weighted by Gasteiger charge is 2.19. The first-order valence-electron chi connectivity index (χ1n) is 5.49. The highest BCUT2D eigenvalue weighted by molar-refractivity contribution is 5.69. The number of aromatic hydroxyl groups is 1. The Morgan fingerprint density at radius 1 is 0.938 bits per heavy atom. The van der Waals surface area contributed by atoms with Gasteiger partial charge in [0.2, 0.25) is 0 Å². The van der Waals surface area contributed by atoms with Gasteiger partial charge in [0.25, 0.3) is 0 Å². The lowest BCUT2D eigenvalue weighted by molar-refractivity contribution is 0.475. The summed E-state index contributed by atoms with van der Waals surface area (Å²) in [4.78, 5) is 2.29. The number of benzene rings is 2. The largest absolute Gasteiger partial charge is 0.508 e. The van der Waals surface area contributed by atoms with Crippen LogP contribution >= 0.6 is 0 Å². The molecule has 0 bridgehead atoms. The summed E-state index contributed by atoms with van der Waals surface area (Å²) in [6, 6.07) is 15.9. The van der Waals surface area contributed by atoms with E-state index in [1.165, 1.54) is 11.3 Å². The molecule has 1 aliphatic heterocycles. The molecule has 1 heterocycles. The van der Waals surface area contributed by atoms with Crippen molar-refractivity contribution in [3.63, 3.8) is 0 Å². The molecule has 2 aromatic rings. The van der Waals surface area contributed by atoms with E-state index in [9.17, 15) is 5.11 Å². The van der Waals surface area contributed by atoms with Gasteiger partial charge in [-0.2, -0.15) is 0 Å². The van der Waals surface area contributed by atoms with Gasteiger partial charge in [-0.3, -0.25) is 0 Å². The highest BCUT2D eigenvalue weighted by Crippen LogP contribution is 2.34. The molecule has 0 unspecified atom stereocenters. The van der Waals surface area contributed by atoms with E-state index in [0.717, 1.165) is 18.7 Å². The molecular formula is C14H13NO. The molecule has 0 spiro atoms. The van der Waals surface area contributed by atoms with E-state index in [0.29, 0.717) is 5.75 Å². The molecule has 0 saturated carbocycles. The fraction of sp³-hybridized carbons (Fsp3) is 0.143. The van der Waals surface area contributed by atoms with Crippen LogP contribution in [0.1, 0.15) is 5.56 Å². The van der Waals surface area contributed by atoms with E-state index in [1.54, 1.807) is 12.1 Å². The topological polar surface area (TPSA) is 23.5 Å². The third kappa shape index (κ3) is 1.43. The van der Waals surface area contributed by atoms with Gasteiger partial charge in [0.05, 0.1) is 0 Å². The van der Waals surface area contributed by atoms with Gasteiger partial charge in [-0.1, -0.05) is 18.2 Å². The number of para-hydroxylation sites is 1. The van der Waals surface area contributed by atoms with Crippen molar-refractivity contribution in [1.82, 2.24) is 0 Å². The van der Waals surface area contributed by atoms with Gasteiger partial charge in [0.1, 0.15) is 5.75 Å². The second kappa shape index (κ2) is 3.56.